The first-order valence-corrected chi connectivity index (χ1v) is 7.24. The number of aromatic nitrogens is 4. The molecule has 19 heavy (non-hydrogen) atoms. The van der Waals surface area contributed by atoms with Crippen molar-refractivity contribution in [2.45, 2.75) is 6.54 Å². The van der Waals surface area contributed by atoms with Crippen LogP contribution in [0.25, 0.3) is 5.69 Å². The number of hydrogen-bond donors (Lipinski definition) is 1. The van der Waals surface area contributed by atoms with Crippen LogP contribution in [-0.4, -0.2) is 20.2 Å². The quantitative estimate of drug-likeness (QED) is 0.795. The molecular weight excluding hydrogens is 326 g/mol. The summed E-state index contributed by atoms with van der Waals surface area (Å²) < 4.78 is 2.78. The lowest BCUT2D eigenvalue weighted by atomic mass is 10.2. The molecule has 1 aromatic carbocycles. The number of benzene rings is 1. The summed E-state index contributed by atoms with van der Waals surface area (Å²) in [6.07, 6.45) is 1.58. The Labute approximate surface area is 122 Å². The molecule has 0 aliphatic heterocycles. The van der Waals surface area contributed by atoms with Crippen LogP contribution in [0, 0.1) is 0 Å². The minimum Gasteiger partial charge on any atom is -0.380 e. The zero-order valence-corrected chi connectivity index (χ0v) is 12.2. The molecule has 0 aliphatic rings. The average molecular weight is 336 g/mol. The van der Waals surface area contributed by atoms with Crippen molar-refractivity contribution in [2.75, 3.05) is 5.32 Å². The summed E-state index contributed by atoms with van der Waals surface area (Å²) in [6.45, 7) is 0.801. The number of nitrogens with one attached hydrogen (secondary N) is 1. The van der Waals surface area contributed by atoms with Crippen LogP contribution in [-0.2, 0) is 6.54 Å². The van der Waals surface area contributed by atoms with E-state index in [9.17, 15) is 0 Å². The molecule has 2 aromatic heterocycles. The molecule has 0 aliphatic carbocycles. The zero-order chi connectivity index (χ0) is 13.1. The molecule has 0 fully saturated rings. The molecule has 0 saturated heterocycles. The van der Waals surface area contributed by atoms with Crippen molar-refractivity contribution < 1.29 is 0 Å². The van der Waals surface area contributed by atoms with E-state index in [1.165, 1.54) is 4.88 Å². The Bertz CT molecular complexity index is 664. The van der Waals surface area contributed by atoms with Crippen LogP contribution < -0.4 is 5.32 Å². The number of rotatable bonds is 4. The maximum atomic E-state index is 3.87. The number of nitrogens with zero attached hydrogens (tertiary/aromatic N) is 4. The largest absolute Gasteiger partial charge is 0.380 e. The first-order valence-electron chi connectivity index (χ1n) is 5.63. The van der Waals surface area contributed by atoms with Crippen LogP contribution >= 0.6 is 27.3 Å². The highest BCUT2D eigenvalue weighted by Gasteiger charge is 2.01. The maximum Gasteiger partial charge on any atom is 0.143 e. The van der Waals surface area contributed by atoms with E-state index in [1.807, 2.05) is 24.3 Å². The van der Waals surface area contributed by atoms with E-state index >= 15 is 0 Å². The molecule has 7 heteroatoms. The van der Waals surface area contributed by atoms with Crippen molar-refractivity contribution >= 4 is 33.0 Å². The van der Waals surface area contributed by atoms with Crippen LogP contribution in [0.5, 0.6) is 0 Å². The van der Waals surface area contributed by atoms with Crippen molar-refractivity contribution in [3.8, 4) is 5.69 Å². The molecule has 0 atom stereocenters. The summed E-state index contributed by atoms with van der Waals surface area (Å²) in [5.41, 5.74) is 1.97. The van der Waals surface area contributed by atoms with Crippen molar-refractivity contribution in [1.82, 2.24) is 20.2 Å². The van der Waals surface area contributed by atoms with Gasteiger partial charge in [-0.2, -0.15) is 0 Å². The average Bonchev–Trinajstić information content (AvgIpc) is 3.08. The van der Waals surface area contributed by atoms with Gasteiger partial charge in [-0.05, 0) is 56.7 Å². The minimum absolute atomic E-state index is 0.801. The molecular formula is C12H10BrN5S. The second kappa shape index (κ2) is 5.50. The Morgan fingerprint density at radius 1 is 1.26 bits per heavy atom. The minimum atomic E-state index is 0.801. The highest BCUT2D eigenvalue weighted by molar-refractivity contribution is 9.11. The number of hydrogen-bond acceptors (Lipinski definition) is 5. The van der Waals surface area contributed by atoms with E-state index in [0.717, 1.165) is 21.7 Å². The van der Waals surface area contributed by atoms with Crippen molar-refractivity contribution in [2.24, 2.45) is 0 Å². The van der Waals surface area contributed by atoms with Crippen LogP contribution in [0.2, 0.25) is 0 Å². The van der Waals surface area contributed by atoms with Crippen LogP contribution in [0.3, 0.4) is 0 Å². The van der Waals surface area contributed by atoms with Gasteiger partial charge in [-0.3, -0.25) is 0 Å². The summed E-state index contributed by atoms with van der Waals surface area (Å²) in [4.78, 5) is 1.28. The molecule has 0 saturated carbocycles. The second-order valence-corrected chi connectivity index (χ2v) is 6.41. The van der Waals surface area contributed by atoms with Gasteiger partial charge in [0.25, 0.3) is 0 Å². The lowest BCUT2D eigenvalue weighted by Gasteiger charge is -2.06. The summed E-state index contributed by atoms with van der Waals surface area (Å²) in [7, 11) is 0. The predicted octanol–water partition coefficient (Wildman–Crippen LogP) is 3.10. The van der Waals surface area contributed by atoms with Gasteiger partial charge in [-0.25, -0.2) is 4.68 Å². The van der Waals surface area contributed by atoms with Gasteiger partial charge in [0.05, 0.1) is 9.47 Å². The summed E-state index contributed by atoms with van der Waals surface area (Å²) in [5.74, 6) is 0. The van der Waals surface area contributed by atoms with E-state index < -0.39 is 0 Å². The fraction of sp³-hybridized carbons (Fsp3) is 0.0833. The van der Waals surface area contributed by atoms with E-state index in [0.29, 0.717) is 0 Å². The van der Waals surface area contributed by atoms with E-state index in [4.69, 9.17) is 0 Å². The predicted molar refractivity (Wildman–Crippen MR) is 78.5 cm³/mol. The Kier molecular flexibility index (Phi) is 3.56. The number of tetrazole rings is 1. The molecule has 0 spiro atoms. The second-order valence-electron chi connectivity index (χ2n) is 3.86. The summed E-state index contributed by atoms with van der Waals surface area (Å²) >= 11 is 5.19. The van der Waals surface area contributed by atoms with Crippen LogP contribution in [0.1, 0.15) is 4.88 Å². The van der Waals surface area contributed by atoms with Gasteiger partial charge < -0.3 is 5.32 Å². The third kappa shape index (κ3) is 2.99. The third-order valence-electron chi connectivity index (χ3n) is 2.56. The summed E-state index contributed by atoms with van der Waals surface area (Å²) in [5, 5.41) is 14.5. The Morgan fingerprint density at radius 2 is 2.21 bits per heavy atom. The SMILES string of the molecule is Brc1ccc(CNc2cccc(-n3cnnn3)c2)s1. The Morgan fingerprint density at radius 3 is 2.95 bits per heavy atom. The number of anilines is 1. The Hall–Kier alpha value is -1.73. The first kappa shape index (κ1) is 12.3. The molecule has 0 bridgehead atoms. The van der Waals surface area contributed by atoms with Gasteiger partial charge in [-0.1, -0.05) is 6.07 Å². The zero-order valence-electron chi connectivity index (χ0n) is 9.82. The van der Waals surface area contributed by atoms with E-state index in [1.54, 1.807) is 22.3 Å². The molecule has 3 rings (SSSR count). The van der Waals surface area contributed by atoms with Gasteiger partial charge >= 0.3 is 0 Å². The standard InChI is InChI=1S/C12H10BrN5S/c13-12-5-4-11(19-12)7-14-9-2-1-3-10(6-9)18-8-15-16-17-18/h1-6,8,14H,7H2. The first-order chi connectivity index (χ1) is 9.31. The highest BCUT2D eigenvalue weighted by Crippen LogP contribution is 2.23. The fourth-order valence-corrected chi connectivity index (χ4v) is 3.10. The molecule has 3 aromatic rings. The van der Waals surface area contributed by atoms with Gasteiger partial charge in [0.15, 0.2) is 0 Å². The van der Waals surface area contributed by atoms with Gasteiger partial charge in [0.2, 0.25) is 0 Å². The Balaban J connectivity index is 1.73. The molecule has 0 unspecified atom stereocenters. The topological polar surface area (TPSA) is 55.6 Å². The smallest absolute Gasteiger partial charge is 0.143 e. The maximum absolute atomic E-state index is 3.87. The molecule has 2 heterocycles. The number of halogens is 1. The van der Waals surface area contributed by atoms with Gasteiger partial charge in [0, 0.05) is 17.1 Å². The van der Waals surface area contributed by atoms with Gasteiger partial charge in [0.1, 0.15) is 6.33 Å². The van der Waals surface area contributed by atoms with Crippen molar-refractivity contribution in [1.29, 1.82) is 0 Å². The fourth-order valence-electron chi connectivity index (χ4n) is 1.67. The molecule has 0 amide bonds. The summed E-state index contributed by atoms with van der Waals surface area (Å²) in [6, 6.07) is 12.1. The van der Waals surface area contributed by atoms with Crippen molar-refractivity contribution in [3.05, 3.63) is 51.4 Å². The van der Waals surface area contributed by atoms with E-state index in [2.05, 4.69) is 48.9 Å². The highest BCUT2D eigenvalue weighted by atomic mass is 79.9. The molecule has 96 valence electrons. The molecule has 1 N–H and O–H groups in total. The van der Waals surface area contributed by atoms with E-state index in [-0.39, 0.29) is 0 Å². The number of thiophene rings is 1. The normalized spacial score (nSPS) is 10.6. The third-order valence-corrected chi connectivity index (χ3v) is 4.18. The monoisotopic (exact) mass is 335 g/mol. The lowest BCUT2D eigenvalue weighted by molar-refractivity contribution is 0.789. The molecule has 0 radical (unpaired) electrons. The van der Waals surface area contributed by atoms with Crippen LogP contribution in [0.4, 0.5) is 5.69 Å². The van der Waals surface area contributed by atoms with Crippen LogP contribution in [0.15, 0.2) is 46.5 Å². The lowest BCUT2D eigenvalue weighted by Crippen LogP contribution is -2.00. The van der Waals surface area contributed by atoms with Gasteiger partial charge in [-0.15, -0.1) is 16.4 Å². The van der Waals surface area contributed by atoms with Crippen molar-refractivity contribution in [3.63, 3.8) is 0 Å². The molecule has 5 nitrogen and oxygen atoms in total.